The molecule has 19 heavy (non-hydrogen) atoms. The molecule has 102 valence electrons. The van der Waals surface area contributed by atoms with Crippen molar-refractivity contribution in [3.05, 3.63) is 12.7 Å². The van der Waals surface area contributed by atoms with Crippen LogP contribution in [0.1, 0.15) is 26.2 Å². The molecule has 1 saturated carbocycles. The standard InChI is InChI=1S/C13H17N3O3/c1-3-7-16-12(18)10(11(17)15-13(16)19)9(4-2)14-8-5-6-8/h3,8,10H,1,4-7H2,2H3,(H,15,17,19). The van der Waals surface area contributed by atoms with E-state index >= 15 is 0 Å². The zero-order valence-corrected chi connectivity index (χ0v) is 10.9. The second-order valence-corrected chi connectivity index (χ2v) is 4.67. The molecule has 1 aliphatic heterocycles. The lowest BCUT2D eigenvalue weighted by Gasteiger charge is -2.29. The van der Waals surface area contributed by atoms with Crippen molar-refractivity contribution < 1.29 is 14.4 Å². The number of nitrogens with zero attached hydrogens (tertiary/aromatic N) is 2. The number of carbonyl (C=O) groups excluding carboxylic acids is 3. The van der Waals surface area contributed by atoms with Crippen LogP contribution in [0.15, 0.2) is 17.6 Å². The molecule has 0 aromatic heterocycles. The second-order valence-electron chi connectivity index (χ2n) is 4.67. The highest BCUT2D eigenvalue weighted by Gasteiger charge is 2.42. The highest BCUT2D eigenvalue weighted by Crippen LogP contribution is 2.26. The van der Waals surface area contributed by atoms with Gasteiger partial charge in [0.05, 0.1) is 6.04 Å². The zero-order chi connectivity index (χ0) is 14.0. The number of nitrogens with one attached hydrogen (secondary N) is 1. The van der Waals surface area contributed by atoms with Gasteiger partial charge in [0, 0.05) is 12.3 Å². The van der Waals surface area contributed by atoms with E-state index in [1.165, 1.54) is 6.08 Å². The SMILES string of the molecule is C=CCN1C(=O)NC(=O)C(C(CC)=NC2CC2)C1=O. The van der Waals surface area contributed by atoms with Gasteiger partial charge in [0.1, 0.15) is 0 Å². The van der Waals surface area contributed by atoms with Crippen LogP contribution in [0.4, 0.5) is 4.79 Å². The van der Waals surface area contributed by atoms with Gasteiger partial charge >= 0.3 is 6.03 Å². The molecule has 0 aromatic rings. The predicted molar refractivity (Wildman–Crippen MR) is 69.7 cm³/mol. The van der Waals surface area contributed by atoms with Crippen LogP contribution in [-0.2, 0) is 9.59 Å². The van der Waals surface area contributed by atoms with Crippen molar-refractivity contribution in [3.63, 3.8) is 0 Å². The van der Waals surface area contributed by atoms with E-state index in [0.717, 1.165) is 17.7 Å². The number of imide groups is 2. The summed E-state index contributed by atoms with van der Waals surface area (Å²) in [6.45, 7) is 5.45. The van der Waals surface area contributed by atoms with Crippen molar-refractivity contribution in [3.8, 4) is 0 Å². The first-order valence-electron chi connectivity index (χ1n) is 6.42. The largest absolute Gasteiger partial charge is 0.331 e. The van der Waals surface area contributed by atoms with Crippen LogP contribution in [0.2, 0.25) is 0 Å². The fraction of sp³-hybridized carbons (Fsp3) is 0.538. The van der Waals surface area contributed by atoms with Crippen molar-refractivity contribution in [1.82, 2.24) is 10.2 Å². The molecule has 6 nitrogen and oxygen atoms in total. The molecule has 4 amide bonds. The van der Waals surface area contributed by atoms with E-state index in [-0.39, 0.29) is 12.6 Å². The normalized spacial score (nSPS) is 24.5. The van der Waals surface area contributed by atoms with Gasteiger partial charge in [-0.25, -0.2) is 4.79 Å². The minimum atomic E-state index is -0.969. The number of aliphatic imine (C=N–C) groups is 1. The van der Waals surface area contributed by atoms with E-state index < -0.39 is 23.8 Å². The monoisotopic (exact) mass is 263 g/mol. The van der Waals surface area contributed by atoms with Gasteiger partial charge < -0.3 is 0 Å². The number of barbiturate groups is 1. The summed E-state index contributed by atoms with van der Waals surface area (Å²) < 4.78 is 0. The molecule has 1 aliphatic carbocycles. The van der Waals surface area contributed by atoms with Crippen LogP contribution >= 0.6 is 0 Å². The van der Waals surface area contributed by atoms with Gasteiger partial charge in [0.15, 0.2) is 5.92 Å². The fourth-order valence-corrected chi connectivity index (χ4v) is 2.02. The molecular formula is C13H17N3O3. The van der Waals surface area contributed by atoms with Crippen molar-refractivity contribution >= 4 is 23.6 Å². The molecule has 0 aromatic carbocycles. The van der Waals surface area contributed by atoms with Crippen LogP contribution in [0.25, 0.3) is 0 Å². The lowest BCUT2D eigenvalue weighted by atomic mass is 9.96. The Morgan fingerprint density at radius 2 is 2.16 bits per heavy atom. The highest BCUT2D eigenvalue weighted by molar-refractivity contribution is 6.27. The molecule has 2 rings (SSSR count). The third kappa shape index (κ3) is 2.72. The van der Waals surface area contributed by atoms with E-state index in [2.05, 4.69) is 16.9 Å². The summed E-state index contributed by atoms with van der Waals surface area (Å²) in [5.41, 5.74) is 0.562. The third-order valence-electron chi connectivity index (χ3n) is 3.15. The van der Waals surface area contributed by atoms with Gasteiger partial charge in [-0.2, -0.15) is 0 Å². The molecule has 2 fully saturated rings. The first-order valence-corrected chi connectivity index (χ1v) is 6.42. The van der Waals surface area contributed by atoms with Crippen LogP contribution in [0.3, 0.4) is 0 Å². The molecular weight excluding hydrogens is 246 g/mol. The Kier molecular flexibility index (Phi) is 3.78. The van der Waals surface area contributed by atoms with E-state index in [9.17, 15) is 14.4 Å². The zero-order valence-electron chi connectivity index (χ0n) is 10.9. The molecule has 2 aliphatic rings. The first-order chi connectivity index (χ1) is 9.08. The summed E-state index contributed by atoms with van der Waals surface area (Å²) in [4.78, 5) is 41.1. The third-order valence-corrected chi connectivity index (χ3v) is 3.15. The van der Waals surface area contributed by atoms with Gasteiger partial charge in [0.25, 0.3) is 0 Å². The molecule has 0 radical (unpaired) electrons. The Hall–Kier alpha value is -1.98. The first kappa shape index (κ1) is 13.5. The van der Waals surface area contributed by atoms with Crippen molar-refractivity contribution in [2.45, 2.75) is 32.2 Å². The van der Waals surface area contributed by atoms with Gasteiger partial charge in [0.2, 0.25) is 11.8 Å². The topological polar surface area (TPSA) is 78.8 Å². The van der Waals surface area contributed by atoms with Gasteiger partial charge in [-0.1, -0.05) is 13.0 Å². The average Bonchev–Trinajstić information content (AvgIpc) is 3.16. The second kappa shape index (κ2) is 5.34. The molecule has 1 unspecified atom stereocenters. The Balaban J connectivity index is 2.26. The molecule has 0 spiro atoms. The summed E-state index contributed by atoms with van der Waals surface area (Å²) in [5.74, 6) is -2.05. The number of hydrogen-bond acceptors (Lipinski definition) is 4. The van der Waals surface area contributed by atoms with Crippen molar-refractivity contribution in [2.75, 3.05) is 6.54 Å². The number of carbonyl (C=O) groups is 3. The lowest BCUT2D eigenvalue weighted by molar-refractivity contribution is -0.139. The van der Waals surface area contributed by atoms with Crippen LogP contribution in [-0.4, -0.2) is 41.0 Å². The minimum Gasteiger partial charge on any atom is -0.289 e. The van der Waals surface area contributed by atoms with Crippen molar-refractivity contribution in [1.29, 1.82) is 0 Å². The maximum absolute atomic E-state index is 12.3. The van der Waals surface area contributed by atoms with Crippen LogP contribution < -0.4 is 5.32 Å². The maximum atomic E-state index is 12.3. The highest BCUT2D eigenvalue weighted by atomic mass is 16.2. The van der Waals surface area contributed by atoms with Gasteiger partial charge in [-0.05, 0) is 19.3 Å². The predicted octanol–water partition coefficient (Wildman–Crippen LogP) is 0.880. The average molecular weight is 263 g/mol. The summed E-state index contributed by atoms with van der Waals surface area (Å²) in [6.07, 6.45) is 3.98. The minimum absolute atomic E-state index is 0.0921. The molecule has 1 atom stereocenters. The number of rotatable bonds is 5. The molecule has 1 heterocycles. The van der Waals surface area contributed by atoms with E-state index in [1.54, 1.807) is 0 Å². The number of hydrogen-bond donors (Lipinski definition) is 1. The summed E-state index contributed by atoms with van der Waals surface area (Å²) >= 11 is 0. The summed E-state index contributed by atoms with van der Waals surface area (Å²) in [5, 5.41) is 2.20. The summed E-state index contributed by atoms with van der Waals surface area (Å²) in [6, 6.07) is -0.450. The molecule has 6 heteroatoms. The van der Waals surface area contributed by atoms with Crippen LogP contribution in [0.5, 0.6) is 0 Å². The van der Waals surface area contributed by atoms with Gasteiger partial charge in [-0.15, -0.1) is 6.58 Å². The molecule has 1 N–H and O–H groups in total. The molecule has 0 bridgehead atoms. The Bertz CT molecular complexity index is 466. The smallest absolute Gasteiger partial charge is 0.289 e. The van der Waals surface area contributed by atoms with E-state index in [1.807, 2.05) is 6.92 Å². The fourth-order valence-electron chi connectivity index (χ4n) is 2.02. The maximum Gasteiger partial charge on any atom is 0.331 e. The molecule has 1 saturated heterocycles. The lowest BCUT2D eigenvalue weighted by Crippen LogP contribution is -2.59. The Labute approximate surface area is 111 Å². The quantitative estimate of drug-likeness (QED) is 0.454. The van der Waals surface area contributed by atoms with Gasteiger partial charge in [-0.3, -0.25) is 24.8 Å². The summed E-state index contributed by atoms with van der Waals surface area (Å²) in [7, 11) is 0. The number of urea groups is 1. The van der Waals surface area contributed by atoms with Crippen molar-refractivity contribution in [2.24, 2.45) is 10.9 Å². The van der Waals surface area contributed by atoms with Crippen LogP contribution in [0, 0.1) is 5.92 Å². The van der Waals surface area contributed by atoms with E-state index in [0.29, 0.717) is 12.1 Å². The number of amides is 4. The Morgan fingerprint density at radius 1 is 1.47 bits per heavy atom. The van der Waals surface area contributed by atoms with E-state index in [4.69, 9.17) is 0 Å². The Morgan fingerprint density at radius 3 is 2.68 bits per heavy atom.